The van der Waals surface area contributed by atoms with Crippen LogP contribution in [0.4, 0.5) is 10.2 Å². The van der Waals surface area contributed by atoms with Crippen LogP contribution in [0.1, 0.15) is 30.1 Å². The van der Waals surface area contributed by atoms with E-state index in [1.54, 1.807) is 14.2 Å². The molecule has 3 aromatic heterocycles. The van der Waals surface area contributed by atoms with Gasteiger partial charge in [-0.15, -0.1) is 11.3 Å². The number of hydrogen-bond acceptors (Lipinski definition) is 7. The molecule has 2 saturated heterocycles. The average molecular weight is 537 g/mol. The summed E-state index contributed by atoms with van der Waals surface area (Å²) in [7, 11) is 0. The van der Waals surface area contributed by atoms with Crippen LogP contribution in [-0.4, -0.2) is 83.4 Å². The van der Waals surface area contributed by atoms with Gasteiger partial charge in [0.2, 0.25) is 11.3 Å². The number of nitrogens with one attached hydrogen (secondary N) is 1. The molecule has 0 radical (unpaired) electrons. The van der Waals surface area contributed by atoms with Gasteiger partial charge < -0.3 is 20.0 Å². The van der Waals surface area contributed by atoms with Gasteiger partial charge in [-0.25, -0.2) is 9.37 Å². The lowest BCUT2D eigenvalue weighted by Gasteiger charge is -2.35. The molecular weight excluding hydrogens is 507 g/mol. The quantitative estimate of drug-likeness (QED) is 0.422. The highest BCUT2D eigenvalue weighted by Gasteiger charge is 2.27. The second-order valence-corrected chi connectivity index (χ2v) is 10.9. The molecule has 2 aliphatic heterocycles. The molecule has 2 aliphatic rings. The number of amides is 2. The fourth-order valence-electron chi connectivity index (χ4n) is 5.48. The topological polar surface area (TPSA) is 90.3 Å². The van der Waals surface area contributed by atoms with E-state index >= 15 is 4.39 Å². The Bertz CT molecular complexity index is 1620. The van der Waals surface area contributed by atoms with Crippen LogP contribution in [0, 0.1) is 5.82 Å². The van der Waals surface area contributed by atoms with Crippen LogP contribution in [0.3, 0.4) is 0 Å². The predicted molar refractivity (Wildman–Crippen MR) is 147 cm³/mol. The van der Waals surface area contributed by atoms with Gasteiger partial charge in [0.05, 0.1) is 15.6 Å². The predicted octanol–water partition coefficient (Wildman–Crippen LogP) is 2.70. The maximum absolute atomic E-state index is 15.5. The first kappa shape index (κ1) is 24.7. The van der Waals surface area contributed by atoms with E-state index in [2.05, 4.69) is 15.2 Å². The van der Waals surface area contributed by atoms with E-state index in [0.29, 0.717) is 43.2 Å². The third-order valence-electron chi connectivity index (χ3n) is 7.51. The fraction of sp³-hybridized carbons (Fsp3) is 0.407. The van der Waals surface area contributed by atoms with Crippen LogP contribution in [0.2, 0.25) is 0 Å². The zero-order chi connectivity index (χ0) is 26.4. The molecule has 0 spiro atoms. The van der Waals surface area contributed by atoms with E-state index in [0.717, 1.165) is 42.7 Å². The number of carbonyl (C=O) groups is 2. The molecule has 4 aromatic rings. The third-order valence-corrected chi connectivity index (χ3v) is 8.66. The second kappa shape index (κ2) is 9.95. The van der Waals surface area contributed by atoms with Crippen LogP contribution in [0.5, 0.6) is 0 Å². The fourth-order valence-corrected chi connectivity index (χ4v) is 6.66. The number of aromatic nitrogens is 2. The van der Waals surface area contributed by atoms with Gasteiger partial charge in [0, 0.05) is 46.2 Å². The van der Waals surface area contributed by atoms with Gasteiger partial charge in [0.25, 0.3) is 5.91 Å². The van der Waals surface area contributed by atoms with Crippen LogP contribution >= 0.6 is 11.3 Å². The van der Waals surface area contributed by atoms with Gasteiger partial charge in [-0.05, 0) is 44.1 Å². The van der Waals surface area contributed by atoms with Gasteiger partial charge in [-0.1, -0.05) is 12.1 Å². The van der Waals surface area contributed by atoms with Gasteiger partial charge in [-0.3, -0.25) is 18.8 Å². The number of likely N-dealkylation sites (tertiary alicyclic amines) is 1. The van der Waals surface area contributed by atoms with E-state index in [4.69, 9.17) is 0 Å². The zero-order valence-corrected chi connectivity index (χ0v) is 22.0. The molecule has 38 heavy (non-hydrogen) atoms. The zero-order valence-electron chi connectivity index (χ0n) is 21.2. The molecule has 1 N–H and O–H groups in total. The molecule has 1 aromatic carbocycles. The molecule has 2 fully saturated rings. The molecule has 0 unspecified atom stereocenters. The largest absolute Gasteiger partial charge is 0.351 e. The summed E-state index contributed by atoms with van der Waals surface area (Å²) >= 11 is 1.35. The van der Waals surface area contributed by atoms with E-state index in [1.165, 1.54) is 24.3 Å². The van der Waals surface area contributed by atoms with Crippen molar-refractivity contribution in [3.8, 4) is 0 Å². The number of pyridine rings is 2. The molecule has 6 rings (SSSR count). The lowest BCUT2D eigenvalue weighted by Crippen LogP contribution is -2.48. The number of halogens is 1. The summed E-state index contributed by atoms with van der Waals surface area (Å²) in [5.74, 6) is -0.941. The van der Waals surface area contributed by atoms with E-state index < -0.39 is 17.2 Å². The van der Waals surface area contributed by atoms with Gasteiger partial charge in [0.1, 0.15) is 10.4 Å². The molecule has 0 aliphatic carbocycles. The number of thiazole rings is 1. The van der Waals surface area contributed by atoms with Crippen molar-refractivity contribution < 1.29 is 14.0 Å². The van der Waals surface area contributed by atoms with Gasteiger partial charge in [0.15, 0.2) is 17.3 Å². The number of rotatable bonds is 5. The molecular formula is C27H29FN6O3S. The lowest BCUT2D eigenvalue weighted by atomic mass is 10.1. The summed E-state index contributed by atoms with van der Waals surface area (Å²) < 4.78 is 18.2. The van der Waals surface area contributed by atoms with Crippen LogP contribution < -0.4 is 15.6 Å². The monoisotopic (exact) mass is 536 g/mol. The van der Waals surface area contributed by atoms with Gasteiger partial charge in [-0.2, -0.15) is 0 Å². The first-order chi connectivity index (χ1) is 18.4. The number of piperazine rings is 1. The number of carbonyl (C=O) groups excluding carboxylic acids is 2. The van der Waals surface area contributed by atoms with E-state index in [-0.39, 0.29) is 22.7 Å². The summed E-state index contributed by atoms with van der Waals surface area (Å²) in [6, 6.07) is 8.84. The van der Waals surface area contributed by atoms with Crippen molar-refractivity contribution in [3.05, 3.63) is 51.9 Å². The van der Waals surface area contributed by atoms with Crippen molar-refractivity contribution in [1.82, 2.24) is 24.5 Å². The molecule has 0 atom stereocenters. The van der Waals surface area contributed by atoms with Crippen molar-refractivity contribution in [2.75, 3.05) is 57.3 Å². The SMILES string of the molecule is CC(=O)N1CCN(c2nc3c(cc2F)c(=O)c(C(=O)NCCN2CCCC2)c2sc4ccccc4n23)CC1. The molecule has 0 bridgehead atoms. The molecule has 0 saturated carbocycles. The van der Waals surface area contributed by atoms with Crippen molar-refractivity contribution in [3.63, 3.8) is 0 Å². The summed E-state index contributed by atoms with van der Waals surface area (Å²) in [6.45, 7) is 6.55. The molecule has 5 heterocycles. The highest BCUT2D eigenvalue weighted by Crippen LogP contribution is 2.32. The van der Waals surface area contributed by atoms with Crippen LogP contribution in [-0.2, 0) is 4.79 Å². The Labute approximate surface area is 222 Å². The standard InChI is InChI=1S/C27H29FN6O3S/c1-17(35)32-12-14-33(15-13-32)25-19(28)16-18-23(36)22(26(37)29-8-11-31-9-4-5-10-31)27-34(24(18)30-25)20-6-2-3-7-21(20)38-27/h2-3,6-7,16H,4-5,8-15H2,1H3,(H,29,37). The van der Waals surface area contributed by atoms with Crippen molar-refractivity contribution in [2.24, 2.45) is 0 Å². The van der Waals surface area contributed by atoms with E-state index in [9.17, 15) is 14.4 Å². The Morgan fingerprint density at radius 1 is 1.08 bits per heavy atom. The van der Waals surface area contributed by atoms with Crippen molar-refractivity contribution in [2.45, 2.75) is 19.8 Å². The van der Waals surface area contributed by atoms with E-state index in [1.807, 2.05) is 24.3 Å². The summed E-state index contributed by atoms with van der Waals surface area (Å²) in [6.07, 6.45) is 2.32. The smallest absolute Gasteiger partial charge is 0.258 e. The highest BCUT2D eigenvalue weighted by molar-refractivity contribution is 7.24. The third kappa shape index (κ3) is 4.29. The number of hydrogen-bond donors (Lipinski definition) is 1. The summed E-state index contributed by atoms with van der Waals surface area (Å²) in [5.41, 5.74) is 0.616. The van der Waals surface area contributed by atoms with Crippen molar-refractivity contribution >= 4 is 55.0 Å². The normalized spacial score (nSPS) is 16.7. The maximum atomic E-state index is 15.5. The Morgan fingerprint density at radius 2 is 1.82 bits per heavy atom. The maximum Gasteiger partial charge on any atom is 0.258 e. The molecule has 11 heteroatoms. The number of anilines is 1. The Kier molecular flexibility index (Phi) is 6.48. The number of benzene rings is 1. The minimum Gasteiger partial charge on any atom is -0.351 e. The Balaban J connectivity index is 1.45. The first-order valence-electron chi connectivity index (χ1n) is 13.0. The summed E-state index contributed by atoms with van der Waals surface area (Å²) in [4.78, 5) is 49.8. The van der Waals surface area contributed by atoms with Gasteiger partial charge >= 0.3 is 0 Å². The molecule has 2 amide bonds. The lowest BCUT2D eigenvalue weighted by molar-refractivity contribution is -0.129. The molecule has 9 nitrogen and oxygen atoms in total. The highest BCUT2D eigenvalue weighted by atomic mass is 32.1. The van der Waals surface area contributed by atoms with Crippen LogP contribution in [0.25, 0.3) is 26.1 Å². The second-order valence-electron chi connectivity index (χ2n) is 9.88. The summed E-state index contributed by atoms with van der Waals surface area (Å²) in [5, 5.41) is 2.99. The van der Waals surface area contributed by atoms with Crippen LogP contribution in [0.15, 0.2) is 35.1 Å². The van der Waals surface area contributed by atoms with Crippen molar-refractivity contribution in [1.29, 1.82) is 0 Å². The minimum absolute atomic E-state index is 0.0131. The number of para-hydroxylation sites is 1. The average Bonchev–Trinajstić information content (AvgIpc) is 3.57. The minimum atomic E-state index is -0.620. The first-order valence-corrected chi connectivity index (χ1v) is 13.8. The number of nitrogens with zero attached hydrogens (tertiary/aromatic N) is 5. The Hall–Kier alpha value is -3.57. The Morgan fingerprint density at radius 3 is 2.55 bits per heavy atom. The molecule has 198 valence electrons. The number of fused-ring (bicyclic) bond motifs is 5.